The van der Waals surface area contributed by atoms with Gasteiger partial charge in [-0.3, -0.25) is 4.79 Å². The number of halogens is 4. The molecule has 7 heteroatoms. The maximum Gasteiger partial charge on any atom is 0.418 e. The van der Waals surface area contributed by atoms with Crippen LogP contribution in [-0.2, 0) is 11.0 Å². The number of rotatable bonds is 4. The van der Waals surface area contributed by atoms with Gasteiger partial charge in [0.15, 0.2) is 6.10 Å². The van der Waals surface area contributed by atoms with Crippen LogP contribution >= 0.6 is 11.6 Å². The number of alkyl halides is 3. The quantitative estimate of drug-likeness (QED) is 0.783. The fraction of sp³-hybridized carbons (Fsp3) is 0.278. The molecule has 0 heterocycles. The van der Waals surface area contributed by atoms with Gasteiger partial charge in [0, 0.05) is 5.02 Å². The van der Waals surface area contributed by atoms with Crippen LogP contribution in [0.4, 0.5) is 18.9 Å². The minimum Gasteiger partial charge on any atom is -0.481 e. The molecule has 0 aliphatic carbocycles. The summed E-state index contributed by atoms with van der Waals surface area (Å²) in [6.45, 7) is 5.22. The lowest BCUT2D eigenvalue weighted by Crippen LogP contribution is -2.31. The molecule has 0 aliphatic rings. The minimum atomic E-state index is -4.63. The summed E-state index contributed by atoms with van der Waals surface area (Å²) in [5, 5.41) is 2.19. The largest absolute Gasteiger partial charge is 0.481 e. The second-order valence-electron chi connectivity index (χ2n) is 5.64. The van der Waals surface area contributed by atoms with Crippen molar-refractivity contribution in [3.05, 3.63) is 58.1 Å². The summed E-state index contributed by atoms with van der Waals surface area (Å²) in [6, 6.07) is 8.55. The number of aryl methyl sites for hydroxylation is 1. The van der Waals surface area contributed by atoms with Crippen molar-refractivity contribution in [2.45, 2.75) is 33.1 Å². The molecule has 134 valence electrons. The molecular formula is C18H17ClF3NO2. The van der Waals surface area contributed by atoms with Gasteiger partial charge in [-0.1, -0.05) is 23.7 Å². The van der Waals surface area contributed by atoms with Crippen molar-refractivity contribution in [3.8, 4) is 5.75 Å². The van der Waals surface area contributed by atoms with Gasteiger partial charge in [0.05, 0.1) is 11.3 Å². The number of benzene rings is 2. The average Bonchev–Trinajstić information content (AvgIpc) is 2.52. The Kier molecular flexibility index (Phi) is 5.62. The number of ether oxygens (including phenoxy) is 1. The number of hydrogen-bond acceptors (Lipinski definition) is 2. The molecule has 0 radical (unpaired) electrons. The monoisotopic (exact) mass is 371 g/mol. The van der Waals surface area contributed by atoms with Crippen LogP contribution in [0.15, 0.2) is 36.4 Å². The summed E-state index contributed by atoms with van der Waals surface area (Å²) in [7, 11) is 0. The second-order valence-corrected chi connectivity index (χ2v) is 6.07. The molecule has 3 nitrogen and oxygen atoms in total. The Hall–Kier alpha value is -2.21. The maximum absolute atomic E-state index is 13.1. The van der Waals surface area contributed by atoms with E-state index < -0.39 is 23.8 Å². The zero-order valence-electron chi connectivity index (χ0n) is 13.9. The molecule has 2 aromatic rings. The van der Waals surface area contributed by atoms with Crippen LogP contribution in [0.3, 0.4) is 0 Å². The van der Waals surface area contributed by atoms with E-state index in [2.05, 4.69) is 5.32 Å². The van der Waals surface area contributed by atoms with Gasteiger partial charge in [-0.05, 0) is 56.2 Å². The number of nitrogens with one attached hydrogen (secondary N) is 1. The Morgan fingerprint density at radius 3 is 2.52 bits per heavy atom. The molecule has 0 aromatic heterocycles. The Morgan fingerprint density at radius 1 is 1.20 bits per heavy atom. The maximum atomic E-state index is 13.1. The van der Waals surface area contributed by atoms with Gasteiger partial charge in [0.25, 0.3) is 5.91 Å². The average molecular weight is 372 g/mol. The smallest absolute Gasteiger partial charge is 0.418 e. The van der Waals surface area contributed by atoms with Gasteiger partial charge in [-0.15, -0.1) is 0 Å². The van der Waals surface area contributed by atoms with Crippen LogP contribution in [-0.4, -0.2) is 12.0 Å². The molecule has 0 saturated carbocycles. The minimum absolute atomic E-state index is 0.0648. The molecule has 25 heavy (non-hydrogen) atoms. The van der Waals surface area contributed by atoms with Crippen LogP contribution in [0.5, 0.6) is 5.75 Å². The van der Waals surface area contributed by atoms with Gasteiger partial charge in [-0.2, -0.15) is 13.2 Å². The Balaban J connectivity index is 2.18. The zero-order valence-corrected chi connectivity index (χ0v) is 14.6. The van der Waals surface area contributed by atoms with Crippen molar-refractivity contribution in [2.24, 2.45) is 0 Å². The molecule has 0 aliphatic heterocycles. The van der Waals surface area contributed by atoms with Crippen molar-refractivity contribution < 1.29 is 22.7 Å². The van der Waals surface area contributed by atoms with E-state index in [0.29, 0.717) is 5.75 Å². The van der Waals surface area contributed by atoms with Crippen molar-refractivity contribution in [3.63, 3.8) is 0 Å². The Morgan fingerprint density at radius 2 is 1.88 bits per heavy atom. The summed E-state index contributed by atoms with van der Waals surface area (Å²) >= 11 is 5.62. The first-order chi connectivity index (χ1) is 11.6. The molecule has 0 bridgehead atoms. The van der Waals surface area contributed by atoms with E-state index in [4.69, 9.17) is 16.3 Å². The van der Waals surface area contributed by atoms with Crippen molar-refractivity contribution in [1.29, 1.82) is 0 Å². The Labute approximate surface area is 148 Å². The molecule has 0 fully saturated rings. The summed E-state index contributed by atoms with van der Waals surface area (Å²) < 4.78 is 44.8. The van der Waals surface area contributed by atoms with E-state index in [0.717, 1.165) is 23.3 Å². The van der Waals surface area contributed by atoms with Crippen LogP contribution < -0.4 is 10.1 Å². The lowest BCUT2D eigenvalue weighted by molar-refractivity contribution is -0.137. The molecule has 0 spiro atoms. The molecule has 2 aromatic carbocycles. The third-order valence-electron chi connectivity index (χ3n) is 3.77. The topological polar surface area (TPSA) is 38.3 Å². The van der Waals surface area contributed by atoms with Crippen LogP contribution in [0.2, 0.25) is 5.02 Å². The second kappa shape index (κ2) is 7.35. The first-order valence-electron chi connectivity index (χ1n) is 7.50. The van der Waals surface area contributed by atoms with E-state index in [9.17, 15) is 18.0 Å². The van der Waals surface area contributed by atoms with Gasteiger partial charge in [0.2, 0.25) is 0 Å². The third kappa shape index (κ3) is 4.66. The number of carbonyl (C=O) groups is 1. The summed E-state index contributed by atoms with van der Waals surface area (Å²) in [5.74, 6) is -0.177. The Bertz CT molecular complexity index is 790. The number of anilines is 1. The van der Waals surface area contributed by atoms with E-state index in [1.807, 2.05) is 19.9 Å². The van der Waals surface area contributed by atoms with Crippen molar-refractivity contribution in [1.82, 2.24) is 0 Å². The standard InChI is InChI=1S/C18H17ClF3NO2/c1-10-5-4-6-16(11(10)2)25-12(3)17(24)23-15-8-7-13(19)9-14(15)18(20,21)22/h4-9,12H,1-3H3,(H,23,24). The lowest BCUT2D eigenvalue weighted by Gasteiger charge is -2.19. The van der Waals surface area contributed by atoms with E-state index >= 15 is 0 Å². The predicted molar refractivity (Wildman–Crippen MR) is 91.1 cm³/mol. The molecular weight excluding hydrogens is 355 g/mol. The first kappa shape index (κ1) is 19.1. The van der Waals surface area contributed by atoms with E-state index in [-0.39, 0.29) is 10.7 Å². The number of hydrogen-bond donors (Lipinski definition) is 1. The molecule has 1 amide bonds. The first-order valence-corrected chi connectivity index (χ1v) is 7.88. The van der Waals surface area contributed by atoms with E-state index in [1.54, 1.807) is 12.1 Å². The fourth-order valence-corrected chi connectivity index (χ4v) is 2.36. The highest BCUT2D eigenvalue weighted by Gasteiger charge is 2.34. The number of carbonyl (C=O) groups excluding carboxylic acids is 1. The summed E-state index contributed by atoms with van der Waals surface area (Å²) in [5.41, 5.74) is 0.484. The van der Waals surface area contributed by atoms with Crippen molar-refractivity contribution in [2.75, 3.05) is 5.32 Å². The van der Waals surface area contributed by atoms with Crippen LogP contribution in [0.1, 0.15) is 23.6 Å². The highest BCUT2D eigenvalue weighted by molar-refractivity contribution is 6.30. The fourth-order valence-electron chi connectivity index (χ4n) is 2.19. The van der Waals surface area contributed by atoms with Gasteiger partial charge >= 0.3 is 6.18 Å². The zero-order chi connectivity index (χ0) is 18.8. The summed E-state index contributed by atoms with van der Waals surface area (Å²) in [6.07, 6.45) is -5.61. The molecule has 1 N–H and O–H groups in total. The highest BCUT2D eigenvalue weighted by atomic mass is 35.5. The predicted octanol–water partition coefficient (Wildman–Crippen LogP) is 5.38. The van der Waals surface area contributed by atoms with E-state index in [1.165, 1.54) is 13.0 Å². The molecule has 2 rings (SSSR count). The van der Waals surface area contributed by atoms with Gasteiger partial charge in [-0.25, -0.2) is 0 Å². The number of amides is 1. The SMILES string of the molecule is Cc1cccc(OC(C)C(=O)Nc2ccc(Cl)cc2C(F)(F)F)c1C. The molecule has 0 saturated heterocycles. The highest BCUT2D eigenvalue weighted by Crippen LogP contribution is 2.36. The summed E-state index contributed by atoms with van der Waals surface area (Å²) in [4.78, 5) is 12.2. The van der Waals surface area contributed by atoms with Crippen LogP contribution in [0.25, 0.3) is 0 Å². The van der Waals surface area contributed by atoms with Crippen LogP contribution in [0, 0.1) is 13.8 Å². The third-order valence-corrected chi connectivity index (χ3v) is 4.01. The molecule has 1 atom stereocenters. The van der Waals surface area contributed by atoms with Gasteiger partial charge in [0.1, 0.15) is 5.75 Å². The lowest BCUT2D eigenvalue weighted by atomic mass is 10.1. The van der Waals surface area contributed by atoms with Crippen molar-refractivity contribution >= 4 is 23.2 Å². The normalized spacial score (nSPS) is 12.6. The van der Waals surface area contributed by atoms with Gasteiger partial charge < -0.3 is 10.1 Å². The molecule has 1 unspecified atom stereocenters.